The van der Waals surface area contributed by atoms with Crippen molar-refractivity contribution >= 4 is 11.9 Å². The van der Waals surface area contributed by atoms with Crippen LogP contribution in [0, 0.1) is 0 Å². The SMILES string of the molecule is O=C(Cn1ccc(=O)c(C(=O)O)c1)NC1CCCCCC1. The highest BCUT2D eigenvalue weighted by Gasteiger charge is 2.15. The van der Waals surface area contributed by atoms with Gasteiger partial charge in [0.05, 0.1) is 0 Å². The van der Waals surface area contributed by atoms with Gasteiger partial charge in [0.15, 0.2) is 5.43 Å². The Morgan fingerprint density at radius 2 is 1.90 bits per heavy atom. The van der Waals surface area contributed by atoms with Crippen LogP contribution in [-0.2, 0) is 11.3 Å². The number of aromatic nitrogens is 1. The van der Waals surface area contributed by atoms with Crippen molar-refractivity contribution in [3.05, 3.63) is 34.2 Å². The summed E-state index contributed by atoms with van der Waals surface area (Å²) < 4.78 is 1.43. The van der Waals surface area contributed by atoms with E-state index in [9.17, 15) is 14.4 Å². The van der Waals surface area contributed by atoms with E-state index in [4.69, 9.17) is 5.11 Å². The first-order chi connectivity index (χ1) is 10.1. The van der Waals surface area contributed by atoms with E-state index in [1.165, 1.54) is 35.9 Å². The van der Waals surface area contributed by atoms with Gasteiger partial charge in [-0.25, -0.2) is 4.79 Å². The first-order valence-electron chi connectivity index (χ1n) is 7.29. The summed E-state index contributed by atoms with van der Waals surface area (Å²) in [6.07, 6.45) is 9.33. The van der Waals surface area contributed by atoms with Crippen molar-refractivity contribution in [1.82, 2.24) is 9.88 Å². The van der Waals surface area contributed by atoms with Crippen molar-refractivity contribution in [3.8, 4) is 0 Å². The Labute approximate surface area is 122 Å². The molecular weight excluding hydrogens is 272 g/mol. The largest absolute Gasteiger partial charge is 0.477 e. The van der Waals surface area contributed by atoms with Crippen LogP contribution in [0.5, 0.6) is 0 Å². The number of carboxylic acid groups (broad SMARTS) is 1. The number of hydrogen-bond donors (Lipinski definition) is 2. The van der Waals surface area contributed by atoms with Gasteiger partial charge in [-0.3, -0.25) is 9.59 Å². The number of amides is 1. The number of carboxylic acids is 1. The zero-order valence-corrected chi connectivity index (χ0v) is 11.9. The third kappa shape index (κ3) is 4.44. The summed E-state index contributed by atoms with van der Waals surface area (Å²) in [6.45, 7) is 0.0249. The second kappa shape index (κ2) is 7.06. The van der Waals surface area contributed by atoms with Crippen molar-refractivity contribution in [3.63, 3.8) is 0 Å². The molecule has 0 atom stereocenters. The number of pyridine rings is 1. The summed E-state index contributed by atoms with van der Waals surface area (Å²) in [6, 6.07) is 1.38. The minimum atomic E-state index is -1.28. The van der Waals surface area contributed by atoms with Crippen molar-refractivity contribution in [2.24, 2.45) is 0 Å². The van der Waals surface area contributed by atoms with Gasteiger partial charge >= 0.3 is 5.97 Å². The predicted octanol–water partition coefficient (Wildman–Crippen LogP) is 1.39. The van der Waals surface area contributed by atoms with Crippen LogP contribution in [0.4, 0.5) is 0 Å². The van der Waals surface area contributed by atoms with Crippen LogP contribution in [0.3, 0.4) is 0 Å². The summed E-state index contributed by atoms with van der Waals surface area (Å²) in [7, 11) is 0. The fourth-order valence-corrected chi connectivity index (χ4v) is 2.65. The van der Waals surface area contributed by atoms with E-state index in [2.05, 4.69) is 5.32 Å². The number of nitrogens with one attached hydrogen (secondary N) is 1. The second-order valence-electron chi connectivity index (χ2n) is 5.46. The van der Waals surface area contributed by atoms with Gasteiger partial charge in [-0.1, -0.05) is 25.7 Å². The van der Waals surface area contributed by atoms with Gasteiger partial charge < -0.3 is 15.0 Å². The molecule has 0 aliphatic heterocycles. The summed E-state index contributed by atoms with van der Waals surface area (Å²) in [5.41, 5.74) is -0.873. The molecule has 2 N–H and O–H groups in total. The minimum absolute atomic E-state index is 0.0249. The number of carbonyl (C=O) groups excluding carboxylic acids is 1. The van der Waals surface area contributed by atoms with E-state index < -0.39 is 11.4 Å². The molecule has 1 saturated carbocycles. The molecule has 114 valence electrons. The Kier molecular flexibility index (Phi) is 5.14. The monoisotopic (exact) mass is 292 g/mol. The lowest BCUT2D eigenvalue weighted by Crippen LogP contribution is -2.36. The number of rotatable bonds is 4. The lowest BCUT2D eigenvalue weighted by molar-refractivity contribution is -0.122. The van der Waals surface area contributed by atoms with Crippen LogP contribution < -0.4 is 10.7 Å². The van der Waals surface area contributed by atoms with Crippen molar-refractivity contribution in [2.45, 2.75) is 51.1 Å². The highest BCUT2D eigenvalue weighted by Crippen LogP contribution is 2.17. The van der Waals surface area contributed by atoms with Gasteiger partial charge in [-0.05, 0) is 12.8 Å². The molecule has 2 rings (SSSR count). The normalized spacial score (nSPS) is 16.2. The molecule has 1 aromatic rings. The zero-order valence-electron chi connectivity index (χ0n) is 11.9. The fourth-order valence-electron chi connectivity index (χ4n) is 2.65. The smallest absolute Gasteiger partial charge is 0.341 e. The Balaban J connectivity index is 1.97. The number of hydrogen-bond acceptors (Lipinski definition) is 3. The van der Waals surface area contributed by atoms with Crippen molar-refractivity contribution in [1.29, 1.82) is 0 Å². The van der Waals surface area contributed by atoms with E-state index >= 15 is 0 Å². The van der Waals surface area contributed by atoms with E-state index in [1.54, 1.807) is 0 Å². The second-order valence-corrected chi connectivity index (χ2v) is 5.46. The summed E-state index contributed by atoms with van der Waals surface area (Å²) in [5, 5.41) is 11.9. The van der Waals surface area contributed by atoms with Crippen LogP contribution in [0.2, 0.25) is 0 Å². The average Bonchev–Trinajstić information content (AvgIpc) is 2.69. The van der Waals surface area contributed by atoms with Gasteiger partial charge in [-0.15, -0.1) is 0 Å². The summed E-state index contributed by atoms with van der Waals surface area (Å²) in [4.78, 5) is 34.3. The maximum atomic E-state index is 12.0. The predicted molar refractivity (Wildman–Crippen MR) is 77.3 cm³/mol. The molecule has 1 fully saturated rings. The summed E-state index contributed by atoms with van der Waals surface area (Å²) in [5.74, 6) is -1.43. The number of carbonyl (C=O) groups is 2. The molecule has 6 heteroatoms. The van der Waals surface area contributed by atoms with Crippen LogP contribution in [0.15, 0.2) is 23.3 Å². The van der Waals surface area contributed by atoms with E-state index in [0.29, 0.717) is 0 Å². The molecule has 0 unspecified atom stereocenters. The lowest BCUT2D eigenvalue weighted by Gasteiger charge is -2.17. The fraction of sp³-hybridized carbons (Fsp3) is 0.533. The van der Waals surface area contributed by atoms with Gasteiger partial charge in [0, 0.05) is 24.5 Å². The van der Waals surface area contributed by atoms with E-state index in [1.807, 2.05) is 0 Å². The maximum Gasteiger partial charge on any atom is 0.341 e. The topological polar surface area (TPSA) is 88.4 Å². The number of nitrogens with zero attached hydrogens (tertiary/aromatic N) is 1. The maximum absolute atomic E-state index is 12.0. The standard InChI is InChI=1S/C15H20N2O4/c18-13-7-8-17(9-12(13)15(20)21)10-14(19)16-11-5-3-1-2-4-6-11/h7-9,11H,1-6,10H2,(H,16,19)(H,20,21). The Morgan fingerprint density at radius 3 is 2.52 bits per heavy atom. The minimum Gasteiger partial charge on any atom is -0.477 e. The van der Waals surface area contributed by atoms with Gasteiger partial charge in [0.2, 0.25) is 5.91 Å². The molecule has 0 aromatic carbocycles. The van der Waals surface area contributed by atoms with Crippen molar-refractivity contribution in [2.75, 3.05) is 0 Å². The molecule has 0 radical (unpaired) electrons. The Hall–Kier alpha value is -2.11. The third-order valence-electron chi connectivity index (χ3n) is 3.75. The van der Waals surface area contributed by atoms with E-state index in [-0.39, 0.29) is 24.1 Å². The van der Waals surface area contributed by atoms with Crippen LogP contribution in [0.1, 0.15) is 48.9 Å². The molecule has 6 nitrogen and oxygen atoms in total. The van der Waals surface area contributed by atoms with Crippen molar-refractivity contribution < 1.29 is 14.7 Å². The zero-order chi connectivity index (χ0) is 15.2. The first-order valence-corrected chi connectivity index (χ1v) is 7.29. The molecule has 1 aromatic heterocycles. The molecule has 0 spiro atoms. The molecule has 1 aliphatic carbocycles. The third-order valence-corrected chi connectivity index (χ3v) is 3.75. The van der Waals surface area contributed by atoms with Crippen LogP contribution >= 0.6 is 0 Å². The van der Waals surface area contributed by atoms with E-state index in [0.717, 1.165) is 25.7 Å². The Morgan fingerprint density at radius 1 is 1.24 bits per heavy atom. The van der Waals surface area contributed by atoms with Crippen LogP contribution in [0.25, 0.3) is 0 Å². The number of aromatic carboxylic acids is 1. The average molecular weight is 292 g/mol. The molecule has 0 saturated heterocycles. The lowest BCUT2D eigenvalue weighted by atomic mass is 10.1. The summed E-state index contributed by atoms with van der Waals surface area (Å²) >= 11 is 0. The van der Waals surface area contributed by atoms with Gasteiger partial charge in [0.1, 0.15) is 12.1 Å². The molecular formula is C15H20N2O4. The first kappa shape index (κ1) is 15.3. The highest BCUT2D eigenvalue weighted by molar-refractivity contribution is 5.87. The molecule has 1 heterocycles. The molecule has 1 aliphatic rings. The molecule has 0 bridgehead atoms. The quantitative estimate of drug-likeness (QED) is 0.821. The van der Waals surface area contributed by atoms with Gasteiger partial charge in [-0.2, -0.15) is 0 Å². The molecule has 1 amide bonds. The van der Waals surface area contributed by atoms with Crippen LogP contribution in [-0.4, -0.2) is 27.6 Å². The van der Waals surface area contributed by atoms with Gasteiger partial charge in [0.25, 0.3) is 0 Å². The molecule has 21 heavy (non-hydrogen) atoms. The Bertz CT molecular complexity index is 571. The highest BCUT2D eigenvalue weighted by atomic mass is 16.4.